The van der Waals surface area contributed by atoms with Crippen LogP contribution in [0.15, 0.2) is 42.9 Å². The van der Waals surface area contributed by atoms with Crippen LogP contribution in [0.3, 0.4) is 0 Å². The van der Waals surface area contributed by atoms with Crippen molar-refractivity contribution in [2.75, 3.05) is 11.9 Å². The molecular formula is C20H25N5O. The number of hydrogen-bond donors (Lipinski definition) is 2. The number of aromatic nitrogens is 3. The number of aryl methyl sites for hydroxylation is 1. The molecule has 0 bridgehead atoms. The summed E-state index contributed by atoms with van der Waals surface area (Å²) in [5, 5.41) is 6.36. The van der Waals surface area contributed by atoms with Gasteiger partial charge in [0.15, 0.2) is 5.65 Å². The van der Waals surface area contributed by atoms with E-state index in [1.54, 1.807) is 12.4 Å². The molecule has 0 aliphatic rings. The van der Waals surface area contributed by atoms with Crippen LogP contribution in [-0.4, -0.2) is 32.4 Å². The highest BCUT2D eigenvalue weighted by Gasteiger charge is 2.16. The van der Waals surface area contributed by atoms with Crippen molar-refractivity contribution >= 4 is 17.4 Å². The van der Waals surface area contributed by atoms with E-state index in [-0.39, 0.29) is 11.4 Å². The first-order valence-electron chi connectivity index (χ1n) is 8.77. The maximum Gasteiger partial charge on any atom is 0.222 e. The minimum absolute atomic E-state index is 0.0253. The van der Waals surface area contributed by atoms with E-state index in [1.165, 1.54) is 5.56 Å². The minimum atomic E-state index is -0.223. The highest BCUT2D eigenvalue weighted by atomic mass is 16.1. The van der Waals surface area contributed by atoms with Crippen molar-refractivity contribution in [2.24, 2.45) is 0 Å². The van der Waals surface area contributed by atoms with Crippen LogP contribution in [-0.2, 0) is 4.79 Å². The zero-order chi connectivity index (χ0) is 18.7. The van der Waals surface area contributed by atoms with E-state index in [0.29, 0.717) is 13.0 Å². The lowest BCUT2D eigenvalue weighted by atomic mass is 10.1. The van der Waals surface area contributed by atoms with Crippen LogP contribution >= 0.6 is 0 Å². The van der Waals surface area contributed by atoms with Crippen molar-refractivity contribution in [1.29, 1.82) is 0 Å². The van der Waals surface area contributed by atoms with Crippen molar-refractivity contribution in [2.45, 2.75) is 39.7 Å². The molecule has 6 nitrogen and oxygen atoms in total. The number of carbonyl (C=O) groups excluding carboxylic acids is 1. The SMILES string of the molecule is Cc1ccc(-c2nc3cnccn3c2NCCC(=O)NC(C)(C)C)cc1. The zero-order valence-corrected chi connectivity index (χ0v) is 15.7. The van der Waals surface area contributed by atoms with Crippen molar-refractivity contribution in [3.05, 3.63) is 48.4 Å². The monoisotopic (exact) mass is 351 g/mol. The molecule has 2 heterocycles. The third-order valence-corrected chi connectivity index (χ3v) is 3.91. The molecule has 0 saturated heterocycles. The fourth-order valence-electron chi connectivity index (χ4n) is 2.76. The van der Waals surface area contributed by atoms with E-state index in [1.807, 2.05) is 31.4 Å². The number of rotatable bonds is 5. The average molecular weight is 351 g/mol. The average Bonchev–Trinajstić information content (AvgIpc) is 2.93. The second-order valence-electron chi connectivity index (χ2n) is 7.45. The van der Waals surface area contributed by atoms with Crippen LogP contribution in [0, 0.1) is 6.92 Å². The molecule has 136 valence electrons. The third-order valence-electron chi connectivity index (χ3n) is 3.91. The van der Waals surface area contributed by atoms with Gasteiger partial charge < -0.3 is 10.6 Å². The minimum Gasteiger partial charge on any atom is -0.369 e. The van der Waals surface area contributed by atoms with Gasteiger partial charge in [-0.2, -0.15) is 0 Å². The summed E-state index contributed by atoms with van der Waals surface area (Å²) < 4.78 is 1.96. The molecule has 0 aliphatic heterocycles. The van der Waals surface area contributed by atoms with E-state index in [2.05, 4.69) is 46.8 Å². The van der Waals surface area contributed by atoms with Crippen molar-refractivity contribution in [3.8, 4) is 11.3 Å². The third kappa shape index (κ3) is 4.20. The second-order valence-corrected chi connectivity index (χ2v) is 7.45. The number of carbonyl (C=O) groups is 1. The largest absolute Gasteiger partial charge is 0.369 e. The smallest absolute Gasteiger partial charge is 0.222 e. The maximum atomic E-state index is 12.1. The van der Waals surface area contributed by atoms with E-state index in [4.69, 9.17) is 4.98 Å². The predicted molar refractivity (Wildman–Crippen MR) is 104 cm³/mol. The summed E-state index contributed by atoms with van der Waals surface area (Å²) in [5.74, 6) is 0.896. The topological polar surface area (TPSA) is 71.3 Å². The summed E-state index contributed by atoms with van der Waals surface area (Å²) in [4.78, 5) is 20.9. The molecular weight excluding hydrogens is 326 g/mol. The molecule has 0 atom stereocenters. The molecule has 0 fully saturated rings. The molecule has 3 rings (SSSR count). The molecule has 3 aromatic rings. The number of nitrogens with one attached hydrogen (secondary N) is 2. The molecule has 1 aromatic carbocycles. The van der Waals surface area contributed by atoms with E-state index in [0.717, 1.165) is 22.7 Å². The van der Waals surface area contributed by atoms with Gasteiger partial charge in [-0.05, 0) is 27.7 Å². The predicted octanol–water partition coefficient (Wildman–Crippen LogP) is 3.42. The van der Waals surface area contributed by atoms with E-state index >= 15 is 0 Å². The van der Waals surface area contributed by atoms with Gasteiger partial charge in [-0.3, -0.25) is 14.2 Å². The first kappa shape index (κ1) is 17.9. The van der Waals surface area contributed by atoms with Gasteiger partial charge in [0.1, 0.15) is 11.5 Å². The van der Waals surface area contributed by atoms with E-state index < -0.39 is 0 Å². The summed E-state index contributed by atoms with van der Waals surface area (Å²) in [6.07, 6.45) is 5.72. The Balaban J connectivity index is 1.83. The Kier molecular flexibility index (Phi) is 4.93. The molecule has 0 saturated carbocycles. The highest BCUT2D eigenvalue weighted by molar-refractivity contribution is 5.79. The van der Waals surface area contributed by atoms with Crippen LogP contribution in [0.4, 0.5) is 5.82 Å². The first-order valence-corrected chi connectivity index (χ1v) is 8.77. The second kappa shape index (κ2) is 7.15. The number of amides is 1. The lowest BCUT2D eigenvalue weighted by molar-refractivity contribution is -0.122. The Morgan fingerprint density at radius 3 is 2.62 bits per heavy atom. The number of hydrogen-bond acceptors (Lipinski definition) is 4. The molecule has 6 heteroatoms. The Hall–Kier alpha value is -2.89. The molecule has 0 spiro atoms. The number of nitrogens with zero attached hydrogens (tertiary/aromatic N) is 3. The standard InChI is InChI=1S/C20H25N5O/c1-14-5-7-15(8-6-14)18-19(25-12-11-21-13-16(25)23-18)22-10-9-17(26)24-20(2,3)4/h5-8,11-13,22H,9-10H2,1-4H3,(H,24,26). The molecule has 2 N–H and O–H groups in total. The van der Waals surface area contributed by atoms with Crippen molar-refractivity contribution in [1.82, 2.24) is 19.7 Å². The fourth-order valence-corrected chi connectivity index (χ4v) is 2.76. The van der Waals surface area contributed by atoms with Gasteiger partial charge in [-0.1, -0.05) is 29.8 Å². The fraction of sp³-hybridized carbons (Fsp3) is 0.350. The summed E-state index contributed by atoms with van der Waals surface area (Å²) in [7, 11) is 0. The Labute approximate surface area is 153 Å². The molecule has 0 aliphatic carbocycles. The molecule has 0 radical (unpaired) electrons. The van der Waals surface area contributed by atoms with Crippen LogP contribution in [0.2, 0.25) is 0 Å². The summed E-state index contributed by atoms with van der Waals surface area (Å²) >= 11 is 0. The number of benzene rings is 1. The lowest BCUT2D eigenvalue weighted by Gasteiger charge is -2.20. The summed E-state index contributed by atoms with van der Waals surface area (Å²) in [6, 6.07) is 8.25. The van der Waals surface area contributed by atoms with Crippen LogP contribution in [0.5, 0.6) is 0 Å². The van der Waals surface area contributed by atoms with Gasteiger partial charge >= 0.3 is 0 Å². The molecule has 26 heavy (non-hydrogen) atoms. The highest BCUT2D eigenvalue weighted by Crippen LogP contribution is 2.28. The van der Waals surface area contributed by atoms with Crippen molar-refractivity contribution < 1.29 is 4.79 Å². The number of anilines is 1. The van der Waals surface area contributed by atoms with Gasteiger partial charge in [-0.15, -0.1) is 0 Å². The molecule has 2 aromatic heterocycles. The molecule has 1 amide bonds. The van der Waals surface area contributed by atoms with E-state index in [9.17, 15) is 4.79 Å². The lowest BCUT2D eigenvalue weighted by Crippen LogP contribution is -2.41. The summed E-state index contributed by atoms with van der Waals surface area (Å²) in [6.45, 7) is 8.52. The van der Waals surface area contributed by atoms with Gasteiger partial charge in [0.25, 0.3) is 0 Å². The van der Waals surface area contributed by atoms with Crippen LogP contribution < -0.4 is 10.6 Å². The summed E-state index contributed by atoms with van der Waals surface area (Å²) in [5.41, 5.74) is 3.63. The Morgan fingerprint density at radius 2 is 1.92 bits per heavy atom. The van der Waals surface area contributed by atoms with Gasteiger partial charge in [0, 0.05) is 36.5 Å². The Morgan fingerprint density at radius 1 is 1.19 bits per heavy atom. The Bertz CT molecular complexity index is 906. The number of fused-ring (bicyclic) bond motifs is 1. The van der Waals surface area contributed by atoms with Crippen LogP contribution in [0.25, 0.3) is 16.9 Å². The number of imidazole rings is 1. The quantitative estimate of drug-likeness (QED) is 0.739. The van der Waals surface area contributed by atoms with Gasteiger partial charge in [-0.25, -0.2) is 4.98 Å². The normalized spacial score (nSPS) is 11.5. The van der Waals surface area contributed by atoms with Gasteiger partial charge in [0.05, 0.1) is 6.20 Å². The van der Waals surface area contributed by atoms with Crippen LogP contribution in [0.1, 0.15) is 32.8 Å². The molecule has 0 unspecified atom stereocenters. The van der Waals surface area contributed by atoms with Crippen molar-refractivity contribution in [3.63, 3.8) is 0 Å². The first-order chi connectivity index (χ1) is 12.3. The zero-order valence-electron chi connectivity index (χ0n) is 15.7. The van der Waals surface area contributed by atoms with Gasteiger partial charge in [0.2, 0.25) is 5.91 Å². The maximum absolute atomic E-state index is 12.1.